The number of halogens is 2. The number of carbonyl (C=O) groups excluding carboxylic acids is 4. The van der Waals surface area contributed by atoms with Crippen molar-refractivity contribution in [1.82, 2.24) is 20.4 Å². The van der Waals surface area contributed by atoms with Crippen LogP contribution in [0.15, 0.2) is 72.8 Å². The zero-order valence-corrected chi connectivity index (χ0v) is 27.8. The highest BCUT2D eigenvalue weighted by molar-refractivity contribution is 8.93. The summed E-state index contributed by atoms with van der Waals surface area (Å²) in [6.07, 6.45) is 3.38. The minimum atomic E-state index is -0.216. The third-order valence-electron chi connectivity index (χ3n) is 8.14. The van der Waals surface area contributed by atoms with Gasteiger partial charge in [-0.2, -0.15) is 0 Å². The predicted molar refractivity (Wildman–Crippen MR) is 183 cm³/mol. The summed E-state index contributed by atoms with van der Waals surface area (Å²) in [5, 5.41) is 10.2. The van der Waals surface area contributed by atoms with Crippen molar-refractivity contribution in [3.8, 4) is 0 Å². The lowest BCUT2D eigenvalue weighted by Gasteiger charge is -2.27. The summed E-state index contributed by atoms with van der Waals surface area (Å²) in [7, 11) is 0. The summed E-state index contributed by atoms with van der Waals surface area (Å²) in [6, 6.07) is 22.3. The Morgan fingerprint density at radius 1 is 0.432 bits per heavy atom. The van der Waals surface area contributed by atoms with Gasteiger partial charge in [-0.05, 0) is 86.9 Å². The van der Waals surface area contributed by atoms with Gasteiger partial charge in [0, 0.05) is 46.1 Å². The molecule has 44 heavy (non-hydrogen) atoms. The molecule has 6 rings (SSSR count). The van der Waals surface area contributed by atoms with Crippen molar-refractivity contribution in [3.05, 3.63) is 95.1 Å². The Morgan fingerprint density at radius 2 is 0.727 bits per heavy atom. The smallest absolute Gasteiger partial charge is 0.261 e. The average molecular weight is 724 g/mol. The SMILES string of the molecule is Br.Br.O=C1c2cccc3cccc(c23)C(=O)N1CCCNCCCCNCCCN1C(=O)c2cccc3cccc(c23)C1=O. The van der Waals surface area contributed by atoms with Crippen LogP contribution in [-0.4, -0.2) is 72.7 Å². The van der Waals surface area contributed by atoms with Gasteiger partial charge in [0.1, 0.15) is 0 Å². The van der Waals surface area contributed by atoms with Gasteiger partial charge in [-0.15, -0.1) is 34.0 Å². The summed E-state index contributed by atoms with van der Waals surface area (Å²) < 4.78 is 0. The predicted octanol–water partition coefficient (Wildman–Crippen LogP) is 5.78. The fourth-order valence-electron chi connectivity index (χ4n) is 6.04. The Morgan fingerprint density at radius 3 is 1.05 bits per heavy atom. The number of nitrogens with one attached hydrogen (secondary N) is 2. The molecule has 0 saturated heterocycles. The average Bonchev–Trinajstić information content (AvgIpc) is 3.01. The van der Waals surface area contributed by atoms with E-state index in [1.54, 1.807) is 24.3 Å². The van der Waals surface area contributed by atoms with E-state index in [0.717, 1.165) is 60.6 Å². The Hall–Kier alpha value is -3.44. The highest BCUT2D eigenvalue weighted by atomic mass is 79.9. The van der Waals surface area contributed by atoms with E-state index in [-0.39, 0.29) is 57.6 Å². The summed E-state index contributed by atoms with van der Waals surface area (Å²) in [4.78, 5) is 54.6. The summed E-state index contributed by atoms with van der Waals surface area (Å²) in [6.45, 7) is 3.94. The molecule has 0 radical (unpaired) electrons. The summed E-state index contributed by atoms with van der Waals surface area (Å²) in [5.74, 6) is -0.865. The van der Waals surface area contributed by atoms with E-state index in [0.29, 0.717) is 48.2 Å². The van der Waals surface area contributed by atoms with Crippen molar-refractivity contribution in [2.45, 2.75) is 25.7 Å². The first kappa shape index (κ1) is 33.5. The zero-order valence-electron chi connectivity index (χ0n) is 24.3. The van der Waals surface area contributed by atoms with Crippen molar-refractivity contribution in [2.24, 2.45) is 0 Å². The molecule has 4 aromatic rings. The molecular formula is C34H36Br2N4O4. The molecule has 0 fully saturated rings. The van der Waals surface area contributed by atoms with Crippen molar-refractivity contribution in [3.63, 3.8) is 0 Å². The van der Waals surface area contributed by atoms with E-state index in [1.807, 2.05) is 48.5 Å². The maximum absolute atomic E-state index is 13.0. The van der Waals surface area contributed by atoms with Crippen molar-refractivity contribution < 1.29 is 19.2 Å². The van der Waals surface area contributed by atoms with E-state index in [1.165, 1.54) is 9.80 Å². The van der Waals surface area contributed by atoms with Crippen LogP contribution in [0.4, 0.5) is 0 Å². The third kappa shape index (κ3) is 6.49. The number of carbonyl (C=O) groups is 4. The lowest BCUT2D eigenvalue weighted by atomic mass is 9.94. The topological polar surface area (TPSA) is 98.8 Å². The first-order valence-corrected chi connectivity index (χ1v) is 14.7. The second-order valence-corrected chi connectivity index (χ2v) is 10.9. The second kappa shape index (κ2) is 15.0. The first-order chi connectivity index (χ1) is 20.6. The molecular weight excluding hydrogens is 688 g/mol. The number of nitrogens with zero attached hydrogens (tertiary/aromatic N) is 2. The van der Waals surface area contributed by atoms with Gasteiger partial charge in [-0.1, -0.05) is 48.5 Å². The van der Waals surface area contributed by atoms with Gasteiger partial charge in [0.05, 0.1) is 0 Å². The fourth-order valence-corrected chi connectivity index (χ4v) is 6.04. The minimum absolute atomic E-state index is 0. The number of imide groups is 2. The van der Waals surface area contributed by atoms with Crippen LogP contribution in [0.25, 0.3) is 21.5 Å². The largest absolute Gasteiger partial charge is 0.317 e. The summed E-state index contributed by atoms with van der Waals surface area (Å²) in [5.41, 5.74) is 2.39. The Kier molecular flexibility index (Phi) is 11.4. The molecule has 0 atom stereocenters. The van der Waals surface area contributed by atoms with Crippen molar-refractivity contribution in [2.75, 3.05) is 39.3 Å². The molecule has 0 aromatic heterocycles. The normalized spacial score (nSPS) is 13.8. The van der Waals surface area contributed by atoms with Crippen LogP contribution >= 0.6 is 34.0 Å². The van der Waals surface area contributed by atoms with Gasteiger partial charge >= 0.3 is 0 Å². The van der Waals surface area contributed by atoms with E-state index in [9.17, 15) is 19.2 Å². The molecule has 2 aliphatic rings. The lowest BCUT2D eigenvalue weighted by molar-refractivity contribution is 0.0593. The van der Waals surface area contributed by atoms with Crippen LogP contribution in [0.2, 0.25) is 0 Å². The standard InChI is InChI=1S/C34H34N4O4.2BrH/c39-31-25-13-3-9-23-10-4-14-26(29(23)25)32(40)37(31)21-7-19-35-17-1-2-18-36-20-8-22-38-33(41)27-15-5-11-24-12-6-16-28(30(24)27)34(38)42;;/h3-6,9-16,35-36H,1-2,7-8,17-22H2;2*1H. The molecule has 4 amide bonds. The second-order valence-electron chi connectivity index (χ2n) is 10.9. The molecule has 0 saturated carbocycles. The first-order valence-electron chi connectivity index (χ1n) is 14.7. The molecule has 0 aliphatic carbocycles. The molecule has 0 unspecified atom stereocenters. The Bertz CT molecular complexity index is 1480. The number of rotatable bonds is 13. The van der Waals surface area contributed by atoms with Crippen LogP contribution in [0.3, 0.4) is 0 Å². The van der Waals surface area contributed by atoms with Crippen LogP contribution < -0.4 is 10.6 Å². The van der Waals surface area contributed by atoms with E-state index < -0.39 is 0 Å². The third-order valence-corrected chi connectivity index (χ3v) is 8.14. The van der Waals surface area contributed by atoms with Crippen LogP contribution in [0, 0.1) is 0 Å². The van der Waals surface area contributed by atoms with E-state index in [2.05, 4.69) is 10.6 Å². The quantitative estimate of drug-likeness (QED) is 0.134. The number of hydrogen-bond donors (Lipinski definition) is 2. The minimum Gasteiger partial charge on any atom is -0.317 e. The van der Waals surface area contributed by atoms with Crippen LogP contribution in [-0.2, 0) is 0 Å². The number of unbranched alkanes of at least 4 members (excludes halogenated alkanes) is 1. The number of hydrogen-bond acceptors (Lipinski definition) is 6. The van der Waals surface area contributed by atoms with Crippen LogP contribution in [0.5, 0.6) is 0 Å². The Labute approximate surface area is 277 Å². The van der Waals surface area contributed by atoms with E-state index in [4.69, 9.17) is 0 Å². The highest BCUT2D eigenvalue weighted by Crippen LogP contribution is 2.31. The number of benzene rings is 4. The molecule has 0 spiro atoms. The monoisotopic (exact) mass is 722 g/mol. The molecule has 2 aliphatic heterocycles. The van der Waals surface area contributed by atoms with Gasteiger partial charge < -0.3 is 10.6 Å². The molecule has 2 heterocycles. The van der Waals surface area contributed by atoms with E-state index >= 15 is 0 Å². The highest BCUT2D eigenvalue weighted by Gasteiger charge is 2.33. The molecule has 10 heteroatoms. The van der Waals surface area contributed by atoms with Crippen molar-refractivity contribution in [1.29, 1.82) is 0 Å². The fraction of sp³-hybridized carbons (Fsp3) is 0.294. The van der Waals surface area contributed by atoms with Crippen molar-refractivity contribution >= 4 is 79.1 Å². The number of amides is 4. The molecule has 8 nitrogen and oxygen atoms in total. The van der Waals surface area contributed by atoms with Gasteiger partial charge in [0.15, 0.2) is 0 Å². The molecule has 0 bridgehead atoms. The summed E-state index contributed by atoms with van der Waals surface area (Å²) >= 11 is 0. The molecule has 230 valence electrons. The van der Waals surface area contributed by atoms with Gasteiger partial charge in [-0.25, -0.2) is 0 Å². The van der Waals surface area contributed by atoms with Gasteiger partial charge in [-0.3, -0.25) is 29.0 Å². The van der Waals surface area contributed by atoms with Gasteiger partial charge in [0.2, 0.25) is 0 Å². The van der Waals surface area contributed by atoms with Crippen LogP contribution in [0.1, 0.15) is 67.1 Å². The maximum atomic E-state index is 13.0. The lowest BCUT2D eigenvalue weighted by Crippen LogP contribution is -2.41. The molecule has 4 aromatic carbocycles. The van der Waals surface area contributed by atoms with Gasteiger partial charge in [0.25, 0.3) is 23.6 Å². The maximum Gasteiger partial charge on any atom is 0.261 e. The Balaban J connectivity index is 0.00000221. The molecule has 2 N–H and O–H groups in total. The zero-order chi connectivity index (χ0) is 29.1.